The maximum absolute atomic E-state index is 12.4. The second-order valence-electron chi connectivity index (χ2n) is 7.44. The van der Waals surface area contributed by atoms with Gasteiger partial charge in [-0.3, -0.25) is 4.79 Å². The molecule has 11 heteroatoms. The van der Waals surface area contributed by atoms with Crippen molar-refractivity contribution < 1.29 is 14.3 Å². The first-order chi connectivity index (χ1) is 17.5. The highest BCUT2D eigenvalue weighted by Crippen LogP contribution is 2.21. The Bertz CT molecular complexity index is 1360. The molecule has 0 saturated heterocycles. The number of hydrogen-bond donors (Lipinski definition) is 2. The predicted molar refractivity (Wildman–Crippen MR) is 144 cm³/mol. The summed E-state index contributed by atoms with van der Waals surface area (Å²) in [6.07, 6.45) is 1.62. The number of halogens is 1. The molecule has 184 valence electrons. The second-order valence-corrected chi connectivity index (χ2v) is 9.30. The van der Waals surface area contributed by atoms with Gasteiger partial charge in [-0.2, -0.15) is 5.10 Å². The van der Waals surface area contributed by atoms with Gasteiger partial charge >= 0.3 is 0 Å². The van der Waals surface area contributed by atoms with Crippen molar-refractivity contribution >= 4 is 45.6 Å². The van der Waals surface area contributed by atoms with E-state index in [0.717, 1.165) is 15.6 Å². The molecule has 3 N–H and O–H groups in total. The van der Waals surface area contributed by atoms with Crippen molar-refractivity contribution in [3.63, 3.8) is 0 Å². The van der Waals surface area contributed by atoms with E-state index in [1.165, 1.54) is 16.4 Å². The monoisotopic (exact) mass is 566 g/mol. The molecule has 0 spiro atoms. The Hall–Kier alpha value is -3.83. The molecule has 0 fully saturated rings. The van der Waals surface area contributed by atoms with Crippen molar-refractivity contribution in [3.8, 4) is 11.5 Å². The molecule has 0 bridgehead atoms. The third-order valence-electron chi connectivity index (χ3n) is 4.98. The number of ketones is 1. The number of anilines is 1. The fourth-order valence-electron chi connectivity index (χ4n) is 3.11. The number of nitrogens with two attached hydrogens (primary N) is 1. The molecule has 0 saturated carbocycles. The van der Waals surface area contributed by atoms with Crippen molar-refractivity contribution in [2.75, 3.05) is 24.1 Å². The predicted octanol–water partition coefficient (Wildman–Crippen LogP) is 4.76. The summed E-state index contributed by atoms with van der Waals surface area (Å²) in [6, 6.07) is 22.4. The molecule has 36 heavy (non-hydrogen) atoms. The Morgan fingerprint density at radius 1 is 1.14 bits per heavy atom. The number of nitrogens with zero attached hydrogens (tertiary/aromatic N) is 4. The van der Waals surface area contributed by atoms with Crippen LogP contribution < -0.4 is 20.7 Å². The summed E-state index contributed by atoms with van der Waals surface area (Å²) in [5, 5.41) is 12.6. The van der Waals surface area contributed by atoms with Crippen LogP contribution in [0.4, 0.5) is 5.95 Å². The molecule has 0 atom stereocenters. The van der Waals surface area contributed by atoms with Gasteiger partial charge in [-0.1, -0.05) is 52.0 Å². The summed E-state index contributed by atoms with van der Waals surface area (Å²) < 4.78 is 13.3. The zero-order valence-corrected chi connectivity index (χ0v) is 21.7. The van der Waals surface area contributed by atoms with Crippen molar-refractivity contribution in [3.05, 3.63) is 94.0 Å². The summed E-state index contributed by atoms with van der Waals surface area (Å²) in [7, 11) is 1.58. The van der Waals surface area contributed by atoms with E-state index in [2.05, 4.69) is 36.7 Å². The van der Waals surface area contributed by atoms with E-state index in [0.29, 0.717) is 28.8 Å². The van der Waals surface area contributed by atoms with E-state index >= 15 is 0 Å². The van der Waals surface area contributed by atoms with Crippen LogP contribution >= 0.6 is 27.7 Å². The van der Waals surface area contributed by atoms with Gasteiger partial charge in [0.15, 0.2) is 5.78 Å². The lowest BCUT2D eigenvalue weighted by Gasteiger charge is -2.09. The first-order valence-corrected chi connectivity index (χ1v) is 12.6. The molecule has 0 aliphatic carbocycles. The van der Waals surface area contributed by atoms with Gasteiger partial charge in [-0.05, 0) is 54.1 Å². The summed E-state index contributed by atoms with van der Waals surface area (Å²) in [5.41, 5.74) is 5.18. The number of carbonyl (C=O) groups excluding carboxylic acids is 1. The maximum atomic E-state index is 12.4. The van der Waals surface area contributed by atoms with Crippen molar-refractivity contribution in [2.45, 2.75) is 11.8 Å². The number of ether oxygens (including phenoxy) is 2. The molecule has 1 aromatic heterocycles. The average molecular weight is 567 g/mol. The highest BCUT2D eigenvalue weighted by molar-refractivity contribution is 9.10. The Labute approximate surface area is 220 Å². The number of carbonyl (C=O) groups is 1. The van der Waals surface area contributed by atoms with Crippen LogP contribution in [0.5, 0.6) is 11.5 Å². The van der Waals surface area contributed by atoms with Gasteiger partial charge in [0.25, 0.3) is 5.95 Å². The van der Waals surface area contributed by atoms with Crippen LogP contribution in [0.1, 0.15) is 21.5 Å². The lowest BCUT2D eigenvalue weighted by molar-refractivity contribution is 0.102. The van der Waals surface area contributed by atoms with Gasteiger partial charge in [0, 0.05) is 15.6 Å². The molecule has 0 radical (unpaired) electrons. The van der Waals surface area contributed by atoms with Crippen LogP contribution in [-0.4, -0.2) is 39.7 Å². The second kappa shape index (κ2) is 12.2. The van der Waals surface area contributed by atoms with Crippen LogP contribution in [0.15, 0.2) is 87.5 Å². The van der Waals surface area contributed by atoms with Crippen molar-refractivity contribution in [2.24, 2.45) is 5.10 Å². The number of nitrogen functional groups attached to an aromatic ring is 1. The number of Topliss-reactive ketones (excluding diaryl/α,β-unsaturated/α-hetero) is 1. The van der Waals surface area contributed by atoms with Gasteiger partial charge < -0.3 is 15.3 Å². The van der Waals surface area contributed by atoms with E-state index in [-0.39, 0.29) is 17.5 Å². The van der Waals surface area contributed by atoms with Crippen LogP contribution in [0.25, 0.3) is 0 Å². The molecule has 4 rings (SSSR count). The highest BCUT2D eigenvalue weighted by atomic mass is 79.9. The Kier molecular flexibility index (Phi) is 8.58. The standard InChI is InChI=1S/C25H23BrN6O3S/c1-34-21-11-9-18(10-12-21)22(33)16-36-25-31-30-24(32(25)27)29-28-14-19-6-2-3-8-23(19)35-15-17-5-4-7-20(26)13-17/h2-14H,15-16,27H2,1H3,(H,29,30)/b28-14+. The summed E-state index contributed by atoms with van der Waals surface area (Å²) in [4.78, 5) is 12.4. The fraction of sp³-hybridized carbons (Fsp3) is 0.120. The Morgan fingerprint density at radius 2 is 1.94 bits per heavy atom. The lowest BCUT2D eigenvalue weighted by Crippen LogP contribution is -2.14. The topological polar surface area (TPSA) is 117 Å². The number of benzene rings is 3. The van der Waals surface area contributed by atoms with Crippen molar-refractivity contribution in [1.29, 1.82) is 0 Å². The summed E-state index contributed by atoms with van der Waals surface area (Å²) in [5.74, 6) is 7.79. The number of para-hydroxylation sites is 1. The molecular formula is C25H23BrN6O3S. The molecule has 0 amide bonds. The molecule has 0 aliphatic heterocycles. The molecule has 9 nitrogen and oxygen atoms in total. The van der Waals surface area contributed by atoms with E-state index < -0.39 is 0 Å². The number of thioether (sulfide) groups is 1. The van der Waals surface area contributed by atoms with E-state index in [9.17, 15) is 4.79 Å². The zero-order valence-electron chi connectivity index (χ0n) is 19.3. The lowest BCUT2D eigenvalue weighted by atomic mass is 10.1. The number of nitrogens with one attached hydrogen (secondary N) is 1. The van der Waals surface area contributed by atoms with Gasteiger partial charge in [0.1, 0.15) is 18.1 Å². The molecule has 3 aromatic carbocycles. The first-order valence-electron chi connectivity index (χ1n) is 10.8. The third kappa shape index (κ3) is 6.64. The average Bonchev–Trinajstić information content (AvgIpc) is 3.25. The molecule has 1 heterocycles. The van der Waals surface area contributed by atoms with Gasteiger partial charge in [-0.25, -0.2) is 10.1 Å². The van der Waals surface area contributed by atoms with Gasteiger partial charge in [0.05, 0.1) is 19.1 Å². The number of hydrogen-bond acceptors (Lipinski definition) is 9. The number of aromatic nitrogens is 3. The van der Waals surface area contributed by atoms with Crippen LogP contribution in [0.2, 0.25) is 0 Å². The minimum absolute atomic E-state index is 0.0577. The quantitative estimate of drug-likeness (QED) is 0.0876. The van der Waals surface area contributed by atoms with Crippen LogP contribution in [0.3, 0.4) is 0 Å². The van der Waals surface area contributed by atoms with Crippen LogP contribution in [-0.2, 0) is 6.61 Å². The highest BCUT2D eigenvalue weighted by Gasteiger charge is 2.13. The fourth-order valence-corrected chi connectivity index (χ4v) is 4.31. The molecular weight excluding hydrogens is 544 g/mol. The van der Waals surface area contributed by atoms with Gasteiger partial charge in [0.2, 0.25) is 5.16 Å². The Morgan fingerprint density at radius 3 is 2.72 bits per heavy atom. The summed E-state index contributed by atoms with van der Waals surface area (Å²) >= 11 is 4.66. The Balaban J connectivity index is 1.33. The third-order valence-corrected chi connectivity index (χ3v) is 6.42. The zero-order chi connectivity index (χ0) is 25.3. The van der Waals surface area contributed by atoms with Gasteiger partial charge in [-0.15, -0.1) is 10.2 Å². The molecule has 0 aliphatic rings. The smallest absolute Gasteiger partial charge is 0.264 e. The van der Waals surface area contributed by atoms with Crippen molar-refractivity contribution in [1.82, 2.24) is 14.9 Å². The number of rotatable bonds is 11. The largest absolute Gasteiger partial charge is 0.497 e. The van der Waals surface area contributed by atoms with E-state index in [1.807, 2.05) is 48.5 Å². The SMILES string of the molecule is COc1ccc(C(=O)CSc2nnc(N/N=C/c3ccccc3OCc3cccc(Br)c3)n2N)cc1. The minimum atomic E-state index is -0.0577. The minimum Gasteiger partial charge on any atom is -0.497 e. The molecule has 0 unspecified atom stereocenters. The molecule has 4 aromatic rings. The first kappa shape index (κ1) is 25.3. The summed E-state index contributed by atoms with van der Waals surface area (Å²) in [6.45, 7) is 0.421. The number of methoxy groups -OCH3 is 1. The number of hydrazone groups is 1. The normalized spacial score (nSPS) is 10.9. The van der Waals surface area contributed by atoms with E-state index in [1.54, 1.807) is 37.6 Å². The van der Waals surface area contributed by atoms with E-state index in [4.69, 9.17) is 15.3 Å². The maximum Gasteiger partial charge on any atom is 0.264 e. The van der Waals surface area contributed by atoms with Crippen LogP contribution in [0, 0.1) is 0 Å².